The first-order chi connectivity index (χ1) is 11.7. The third-order valence-electron chi connectivity index (χ3n) is 3.84. The van der Waals surface area contributed by atoms with Crippen LogP contribution in [-0.4, -0.2) is 61.3 Å². The minimum Gasteiger partial charge on any atom is -0.379 e. The highest BCUT2D eigenvalue weighted by molar-refractivity contribution is 7.18. The van der Waals surface area contributed by atoms with E-state index in [1.165, 1.54) is 0 Å². The fourth-order valence-corrected chi connectivity index (χ4v) is 3.65. The second-order valence-electron chi connectivity index (χ2n) is 5.95. The lowest BCUT2D eigenvalue weighted by Crippen LogP contribution is -2.46. The van der Waals surface area contributed by atoms with E-state index in [0.717, 1.165) is 48.1 Å². The summed E-state index contributed by atoms with van der Waals surface area (Å²) in [5.74, 6) is -0.0862. The minimum absolute atomic E-state index is 0.0589. The summed E-state index contributed by atoms with van der Waals surface area (Å²) >= 11 is 1.60. The standard InChI is InChI=1S/C17H23N3O3S/c1-13(10-20-6-8-22-9-7-20)18-16(21)11-23-12-17-19-14-4-2-3-5-15(14)24-17/h2-5,13H,6-12H2,1H3,(H,18,21)/t13-/m0/s1. The molecule has 1 aromatic carbocycles. The fourth-order valence-electron chi connectivity index (χ4n) is 2.75. The Bertz CT molecular complexity index is 637. The van der Waals surface area contributed by atoms with E-state index in [2.05, 4.69) is 15.2 Å². The fraction of sp³-hybridized carbons (Fsp3) is 0.529. The van der Waals surface area contributed by atoms with Gasteiger partial charge in [-0.25, -0.2) is 4.98 Å². The van der Waals surface area contributed by atoms with Gasteiger partial charge in [0.1, 0.15) is 11.6 Å². The summed E-state index contributed by atoms with van der Waals surface area (Å²) < 4.78 is 12.0. The number of benzene rings is 1. The number of hydrogen-bond donors (Lipinski definition) is 1. The monoisotopic (exact) mass is 349 g/mol. The number of para-hydroxylation sites is 1. The molecule has 1 fully saturated rings. The quantitative estimate of drug-likeness (QED) is 0.823. The molecule has 3 rings (SSSR count). The van der Waals surface area contributed by atoms with E-state index in [1.54, 1.807) is 11.3 Å². The molecule has 0 bridgehead atoms. The van der Waals surface area contributed by atoms with Gasteiger partial charge in [0.25, 0.3) is 0 Å². The summed E-state index contributed by atoms with van der Waals surface area (Å²) in [5, 5.41) is 3.87. The minimum atomic E-state index is -0.0862. The molecule has 2 aromatic rings. The molecule has 1 N–H and O–H groups in total. The predicted molar refractivity (Wildman–Crippen MR) is 94.1 cm³/mol. The molecule has 0 aliphatic carbocycles. The second kappa shape index (κ2) is 8.53. The number of rotatable bonds is 7. The number of ether oxygens (including phenoxy) is 2. The van der Waals surface area contributed by atoms with Gasteiger partial charge in [-0.3, -0.25) is 9.69 Å². The molecule has 24 heavy (non-hydrogen) atoms. The molecule has 0 saturated carbocycles. The smallest absolute Gasteiger partial charge is 0.246 e. The topological polar surface area (TPSA) is 63.7 Å². The van der Waals surface area contributed by atoms with Crippen molar-refractivity contribution in [1.29, 1.82) is 0 Å². The van der Waals surface area contributed by atoms with E-state index in [4.69, 9.17) is 9.47 Å². The first-order valence-corrected chi connectivity index (χ1v) is 9.04. The van der Waals surface area contributed by atoms with Gasteiger partial charge in [0.05, 0.1) is 30.0 Å². The summed E-state index contributed by atoms with van der Waals surface area (Å²) in [6, 6.07) is 8.08. The number of nitrogens with zero attached hydrogens (tertiary/aromatic N) is 2. The van der Waals surface area contributed by atoms with Crippen molar-refractivity contribution in [2.75, 3.05) is 39.5 Å². The highest BCUT2D eigenvalue weighted by Gasteiger charge is 2.15. The van der Waals surface area contributed by atoms with Gasteiger partial charge in [-0.05, 0) is 19.1 Å². The van der Waals surface area contributed by atoms with E-state index in [9.17, 15) is 4.79 Å². The molecule has 130 valence electrons. The maximum absolute atomic E-state index is 12.0. The lowest BCUT2D eigenvalue weighted by Gasteiger charge is -2.29. The van der Waals surface area contributed by atoms with Gasteiger partial charge in [0.2, 0.25) is 5.91 Å². The van der Waals surface area contributed by atoms with Crippen molar-refractivity contribution >= 4 is 27.5 Å². The average molecular weight is 349 g/mol. The molecule has 1 saturated heterocycles. The van der Waals surface area contributed by atoms with Gasteiger partial charge in [0.15, 0.2) is 0 Å². The van der Waals surface area contributed by atoms with Gasteiger partial charge in [-0.1, -0.05) is 12.1 Å². The zero-order chi connectivity index (χ0) is 16.8. The maximum atomic E-state index is 12.0. The zero-order valence-electron chi connectivity index (χ0n) is 13.9. The Morgan fingerprint density at radius 2 is 2.21 bits per heavy atom. The number of carbonyl (C=O) groups is 1. The van der Waals surface area contributed by atoms with Crippen LogP contribution < -0.4 is 5.32 Å². The summed E-state index contributed by atoms with van der Waals surface area (Å²) in [5.41, 5.74) is 0.977. The molecule has 0 spiro atoms. The van der Waals surface area contributed by atoms with Crippen LogP contribution in [-0.2, 0) is 20.9 Å². The number of fused-ring (bicyclic) bond motifs is 1. The van der Waals surface area contributed by atoms with Crippen LogP contribution in [0.5, 0.6) is 0 Å². The highest BCUT2D eigenvalue weighted by atomic mass is 32.1. The third-order valence-corrected chi connectivity index (χ3v) is 4.85. The summed E-state index contributed by atoms with van der Waals surface area (Å²) in [6.07, 6.45) is 0. The zero-order valence-corrected chi connectivity index (χ0v) is 14.7. The van der Waals surface area contributed by atoms with Gasteiger partial charge < -0.3 is 14.8 Å². The predicted octanol–water partition coefficient (Wildman–Crippen LogP) is 1.65. The largest absolute Gasteiger partial charge is 0.379 e. The van der Waals surface area contributed by atoms with Crippen molar-refractivity contribution < 1.29 is 14.3 Å². The lowest BCUT2D eigenvalue weighted by molar-refractivity contribution is -0.126. The Kier molecular flexibility index (Phi) is 6.14. The number of amides is 1. The van der Waals surface area contributed by atoms with Crippen LogP contribution in [0, 0.1) is 0 Å². The number of aromatic nitrogens is 1. The van der Waals surface area contributed by atoms with Gasteiger partial charge in [-0.2, -0.15) is 0 Å². The Balaban J connectivity index is 1.37. The van der Waals surface area contributed by atoms with E-state index in [0.29, 0.717) is 6.61 Å². The van der Waals surface area contributed by atoms with Gasteiger partial charge in [-0.15, -0.1) is 11.3 Å². The van der Waals surface area contributed by atoms with Gasteiger partial charge >= 0.3 is 0 Å². The lowest BCUT2D eigenvalue weighted by atomic mass is 10.3. The van der Waals surface area contributed by atoms with Crippen molar-refractivity contribution in [3.05, 3.63) is 29.3 Å². The van der Waals surface area contributed by atoms with Crippen molar-refractivity contribution in [2.24, 2.45) is 0 Å². The highest BCUT2D eigenvalue weighted by Crippen LogP contribution is 2.21. The van der Waals surface area contributed by atoms with Crippen molar-refractivity contribution in [3.8, 4) is 0 Å². The van der Waals surface area contributed by atoms with Crippen LogP contribution in [0.4, 0.5) is 0 Å². The second-order valence-corrected chi connectivity index (χ2v) is 7.06. The van der Waals surface area contributed by atoms with Crippen molar-refractivity contribution in [2.45, 2.75) is 19.6 Å². The Morgan fingerprint density at radius 3 is 3.00 bits per heavy atom. The van der Waals surface area contributed by atoms with Crippen LogP contribution in [0.1, 0.15) is 11.9 Å². The third kappa shape index (κ3) is 4.98. The van der Waals surface area contributed by atoms with E-state index < -0.39 is 0 Å². The Morgan fingerprint density at radius 1 is 1.42 bits per heavy atom. The molecule has 1 aliphatic heterocycles. The number of hydrogen-bond acceptors (Lipinski definition) is 6. The van der Waals surface area contributed by atoms with Crippen molar-refractivity contribution in [3.63, 3.8) is 0 Å². The van der Waals surface area contributed by atoms with E-state index in [1.807, 2.05) is 31.2 Å². The molecule has 0 radical (unpaired) electrons. The van der Waals surface area contributed by atoms with Crippen LogP contribution in [0.15, 0.2) is 24.3 Å². The number of nitrogens with one attached hydrogen (secondary N) is 1. The molecule has 1 aliphatic rings. The summed E-state index contributed by atoms with van der Waals surface area (Å²) in [4.78, 5) is 18.8. The molecule has 2 heterocycles. The normalized spacial score (nSPS) is 17.0. The number of thiazole rings is 1. The molecule has 0 unspecified atom stereocenters. The van der Waals surface area contributed by atoms with Crippen molar-refractivity contribution in [1.82, 2.24) is 15.2 Å². The molecule has 1 atom stereocenters. The van der Waals surface area contributed by atoms with E-state index >= 15 is 0 Å². The Labute approximate surface area is 145 Å². The SMILES string of the molecule is C[C@@H](CN1CCOCC1)NC(=O)COCc1nc2ccccc2s1. The summed E-state index contributed by atoms with van der Waals surface area (Å²) in [6.45, 7) is 6.67. The summed E-state index contributed by atoms with van der Waals surface area (Å²) in [7, 11) is 0. The molecular weight excluding hydrogens is 326 g/mol. The van der Waals surface area contributed by atoms with E-state index in [-0.39, 0.29) is 18.6 Å². The average Bonchev–Trinajstić information content (AvgIpc) is 2.98. The van der Waals surface area contributed by atoms with Gasteiger partial charge in [0, 0.05) is 25.7 Å². The Hall–Kier alpha value is -1.54. The maximum Gasteiger partial charge on any atom is 0.246 e. The number of morpholine rings is 1. The molecule has 1 aromatic heterocycles. The number of carbonyl (C=O) groups excluding carboxylic acids is 1. The van der Waals surface area contributed by atoms with Crippen LogP contribution >= 0.6 is 11.3 Å². The molecule has 6 nitrogen and oxygen atoms in total. The first-order valence-electron chi connectivity index (χ1n) is 8.22. The molecule has 1 amide bonds. The van der Waals surface area contributed by atoms with Crippen LogP contribution in [0.3, 0.4) is 0 Å². The van der Waals surface area contributed by atoms with Crippen LogP contribution in [0.25, 0.3) is 10.2 Å². The van der Waals surface area contributed by atoms with Crippen LogP contribution in [0.2, 0.25) is 0 Å². The first kappa shape index (κ1) is 17.3. The molecule has 7 heteroatoms. The molecular formula is C17H23N3O3S.